The summed E-state index contributed by atoms with van der Waals surface area (Å²) in [6.07, 6.45) is 0.116. The maximum Gasteiger partial charge on any atom is 0.243 e. The van der Waals surface area contributed by atoms with Gasteiger partial charge < -0.3 is 14.8 Å². The Balaban J connectivity index is 2.10. The van der Waals surface area contributed by atoms with E-state index in [9.17, 15) is 13.2 Å². The van der Waals surface area contributed by atoms with Crippen molar-refractivity contribution in [2.24, 2.45) is 0 Å². The third-order valence-corrected chi connectivity index (χ3v) is 6.51. The van der Waals surface area contributed by atoms with E-state index in [0.29, 0.717) is 24.5 Å². The SMILES string of the molecule is CCN(CC)S(=O)(=O)c1ccc(OC)c(NC(=O)CCOc2ccccc2C)c1. The van der Waals surface area contributed by atoms with Crippen LogP contribution in [0.15, 0.2) is 47.4 Å². The van der Waals surface area contributed by atoms with Gasteiger partial charge in [-0.15, -0.1) is 0 Å². The van der Waals surface area contributed by atoms with E-state index in [2.05, 4.69) is 5.32 Å². The van der Waals surface area contributed by atoms with Crippen LogP contribution in [0.4, 0.5) is 5.69 Å². The number of nitrogens with zero attached hydrogens (tertiary/aromatic N) is 1. The number of hydrogen-bond acceptors (Lipinski definition) is 5. The summed E-state index contributed by atoms with van der Waals surface area (Å²) >= 11 is 0. The van der Waals surface area contributed by atoms with Gasteiger partial charge in [0.2, 0.25) is 15.9 Å². The van der Waals surface area contributed by atoms with Crippen molar-refractivity contribution in [3.63, 3.8) is 0 Å². The number of ether oxygens (including phenoxy) is 2. The first-order chi connectivity index (χ1) is 13.8. The van der Waals surface area contributed by atoms with E-state index in [0.717, 1.165) is 11.3 Å². The molecule has 1 N–H and O–H groups in total. The predicted molar refractivity (Wildman–Crippen MR) is 113 cm³/mol. The summed E-state index contributed by atoms with van der Waals surface area (Å²) < 4.78 is 37.8. The van der Waals surface area contributed by atoms with E-state index in [1.54, 1.807) is 13.8 Å². The van der Waals surface area contributed by atoms with Crippen molar-refractivity contribution in [2.75, 3.05) is 32.1 Å². The van der Waals surface area contributed by atoms with Gasteiger partial charge in [0.25, 0.3) is 0 Å². The van der Waals surface area contributed by atoms with Gasteiger partial charge in [-0.05, 0) is 36.8 Å². The summed E-state index contributed by atoms with van der Waals surface area (Å²) in [5.41, 5.74) is 1.30. The molecule has 0 aliphatic rings. The van der Waals surface area contributed by atoms with E-state index in [4.69, 9.17) is 9.47 Å². The summed E-state index contributed by atoms with van der Waals surface area (Å²) in [5, 5.41) is 2.72. The van der Waals surface area contributed by atoms with Crippen molar-refractivity contribution >= 4 is 21.6 Å². The molecule has 0 aliphatic heterocycles. The number of rotatable bonds is 10. The fraction of sp³-hybridized carbons (Fsp3) is 0.381. The number of amides is 1. The lowest BCUT2D eigenvalue weighted by Crippen LogP contribution is -2.30. The lowest BCUT2D eigenvalue weighted by molar-refractivity contribution is -0.116. The number of sulfonamides is 1. The minimum Gasteiger partial charge on any atom is -0.495 e. The molecular formula is C21H28N2O5S. The van der Waals surface area contributed by atoms with Gasteiger partial charge >= 0.3 is 0 Å². The van der Waals surface area contributed by atoms with Crippen LogP contribution in [0.5, 0.6) is 11.5 Å². The molecule has 0 heterocycles. The molecule has 0 radical (unpaired) electrons. The standard InChI is InChI=1S/C21H28N2O5S/c1-5-23(6-2)29(25,26)17-11-12-20(27-4)18(15-17)22-21(24)13-14-28-19-10-8-7-9-16(19)3/h7-12,15H,5-6,13-14H2,1-4H3,(H,22,24). The van der Waals surface area contributed by atoms with Gasteiger partial charge in [-0.25, -0.2) is 8.42 Å². The Labute approximate surface area is 172 Å². The summed E-state index contributed by atoms with van der Waals surface area (Å²) in [7, 11) is -2.18. The molecule has 0 spiro atoms. The largest absolute Gasteiger partial charge is 0.495 e. The summed E-state index contributed by atoms with van der Waals surface area (Å²) in [6.45, 7) is 6.42. The lowest BCUT2D eigenvalue weighted by atomic mass is 10.2. The monoisotopic (exact) mass is 420 g/mol. The highest BCUT2D eigenvalue weighted by Gasteiger charge is 2.23. The van der Waals surface area contributed by atoms with Gasteiger partial charge in [0, 0.05) is 13.1 Å². The Morgan fingerprint density at radius 2 is 1.76 bits per heavy atom. The maximum atomic E-state index is 12.7. The molecule has 2 aromatic carbocycles. The highest BCUT2D eigenvalue weighted by Crippen LogP contribution is 2.29. The van der Waals surface area contributed by atoms with Gasteiger partial charge in [-0.2, -0.15) is 4.31 Å². The Morgan fingerprint density at radius 1 is 1.07 bits per heavy atom. The number of anilines is 1. The summed E-state index contributed by atoms with van der Waals surface area (Å²) in [6, 6.07) is 12.0. The van der Waals surface area contributed by atoms with E-state index in [-0.39, 0.29) is 23.8 Å². The molecule has 0 bridgehead atoms. The Bertz CT molecular complexity index is 940. The Morgan fingerprint density at radius 3 is 2.38 bits per heavy atom. The Hall–Kier alpha value is -2.58. The van der Waals surface area contributed by atoms with Crippen molar-refractivity contribution in [3.05, 3.63) is 48.0 Å². The Kier molecular flexibility index (Phi) is 8.04. The molecule has 1 amide bonds. The van der Waals surface area contributed by atoms with Crippen molar-refractivity contribution < 1.29 is 22.7 Å². The normalized spacial score (nSPS) is 11.3. The minimum absolute atomic E-state index is 0.105. The van der Waals surface area contributed by atoms with Gasteiger partial charge in [0.15, 0.2) is 0 Å². The van der Waals surface area contributed by atoms with Crippen molar-refractivity contribution in [1.29, 1.82) is 0 Å². The predicted octanol–water partition coefficient (Wildman–Crippen LogP) is 3.44. The molecule has 0 unspecified atom stereocenters. The van der Waals surface area contributed by atoms with Crippen LogP contribution in [-0.2, 0) is 14.8 Å². The minimum atomic E-state index is -3.64. The number of para-hydroxylation sites is 1. The quantitative estimate of drug-likeness (QED) is 0.636. The van der Waals surface area contributed by atoms with E-state index < -0.39 is 10.0 Å². The second kappa shape index (κ2) is 10.3. The lowest BCUT2D eigenvalue weighted by Gasteiger charge is -2.19. The highest BCUT2D eigenvalue weighted by molar-refractivity contribution is 7.89. The number of aryl methyl sites for hydroxylation is 1. The van der Waals surface area contributed by atoms with Crippen LogP contribution in [-0.4, -0.2) is 45.4 Å². The van der Waals surface area contributed by atoms with Crippen LogP contribution in [0.2, 0.25) is 0 Å². The van der Waals surface area contributed by atoms with Crippen LogP contribution < -0.4 is 14.8 Å². The van der Waals surface area contributed by atoms with Crippen LogP contribution in [0.25, 0.3) is 0 Å². The van der Waals surface area contributed by atoms with Gasteiger partial charge in [-0.3, -0.25) is 4.79 Å². The average Bonchev–Trinajstić information content (AvgIpc) is 2.70. The second-order valence-electron chi connectivity index (χ2n) is 6.36. The molecule has 29 heavy (non-hydrogen) atoms. The van der Waals surface area contributed by atoms with Crippen LogP contribution in [0, 0.1) is 6.92 Å². The van der Waals surface area contributed by atoms with E-state index >= 15 is 0 Å². The van der Waals surface area contributed by atoms with Crippen LogP contribution in [0.1, 0.15) is 25.8 Å². The number of carbonyl (C=O) groups is 1. The van der Waals surface area contributed by atoms with Crippen molar-refractivity contribution in [1.82, 2.24) is 4.31 Å². The third kappa shape index (κ3) is 5.71. The number of hydrogen-bond donors (Lipinski definition) is 1. The molecule has 7 nitrogen and oxygen atoms in total. The topological polar surface area (TPSA) is 84.9 Å². The van der Waals surface area contributed by atoms with E-state index in [1.807, 2.05) is 31.2 Å². The number of nitrogens with one attached hydrogen (secondary N) is 1. The molecule has 8 heteroatoms. The molecule has 0 saturated heterocycles. The molecule has 0 aliphatic carbocycles. The number of benzene rings is 2. The number of methoxy groups -OCH3 is 1. The molecule has 0 atom stereocenters. The fourth-order valence-corrected chi connectivity index (χ4v) is 4.33. The first kappa shape index (κ1) is 22.7. The fourth-order valence-electron chi connectivity index (χ4n) is 2.84. The molecular weight excluding hydrogens is 392 g/mol. The zero-order chi connectivity index (χ0) is 21.4. The molecule has 0 saturated carbocycles. The molecule has 158 valence electrons. The van der Waals surface area contributed by atoms with E-state index in [1.165, 1.54) is 29.6 Å². The number of carbonyl (C=O) groups excluding carboxylic acids is 1. The molecule has 2 rings (SSSR count). The van der Waals surface area contributed by atoms with Crippen LogP contribution >= 0.6 is 0 Å². The van der Waals surface area contributed by atoms with Gasteiger partial charge in [0.05, 0.1) is 30.7 Å². The third-order valence-electron chi connectivity index (χ3n) is 4.47. The molecule has 0 fully saturated rings. The maximum absolute atomic E-state index is 12.7. The van der Waals surface area contributed by atoms with Crippen molar-refractivity contribution in [2.45, 2.75) is 32.1 Å². The zero-order valence-corrected chi connectivity index (χ0v) is 18.1. The smallest absolute Gasteiger partial charge is 0.243 e. The molecule has 0 aromatic heterocycles. The van der Waals surface area contributed by atoms with Crippen molar-refractivity contribution in [3.8, 4) is 11.5 Å². The first-order valence-corrected chi connectivity index (χ1v) is 10.9. The van der Waals surface area contributed by atoms with Gasteiger partial charge in [-0.1, -0.05) is 32.0 Å². The summed E-state index contributed by atoms with van der Waals surface area (Å²) in [4.78, 5) is 12.5. The second-order valence-corrected chi connectivity index (χ2v) is 8.30. The van der Waals surface area contributed by atoms with Crippen LogP contribution in [0.3, 0.4) is 0 Å². The average molecular weight is 421 g/mol. The highest BCUT2D eigenvalue weighted by atomic mass is 32.2. The summed E-state index contributed by atoms with van der Waals surface area (Å²) in [5.74, 6) is 0.816. The van der Waals surface area contributed by atoms with Gasteiger partial charge in [0.1, 0.15) is 11.5 Å². The molecule has 2 aromatic rings. The first-order valence-electron chi connectivity index (χ1n) is 9.49. The zero-order valence-electron chi connectivity index (χ0n) is 17.3.